The van der Waals surface area contributed by atoms with Crippen molar-refractivity contribution < 1.29 is 51.0 Å². The van der Waals surface area contributed by atoms with Crippen LogP contribution in [-0.4, -0.2) is 0 Å². The predicted octanol–water partition coefficient (Wildman–Crippen LogP) is 3.66. The van der Waals surface area contributed by atoms with Crippen LogP contribution in [0.2, 0.25) is 0 Å². The monoisotopic (exact) mass is 572 g/mol. The third-order valence-electron chi connectivity index (χ3n) is 6.51. The number of rotatable bonds is 8. The van der Waals surface area contributed by atoms with Gasteiger partial charge in [-0.05, 0) is 19.3 Å². The van der Waals surface area contributed by atoms with E-state index in [1.807, 2.05) is 0 Å². The first-order valence-electron chi connectivity index (χ1n) is 12.6. The van der Waals surface area contributed by atoms with E-state index in [1.54, 1.807) is 11.1 Å². The molecule has 0 saturated heterocycles. The number of allylic oxidation sites excluding steroid dienone is 4. The fourth-order valence-electron chi connectivity index (χ4n) is 4.81. The maximum Gasteiger partial charge on any atom is 4.00 e. The minimum atomic E-state index is 0. The first kappa shape index (κ1) is 33.3. The van der Waals surface area contributed by atoms with E-state index >= 15 is 0 Å². The minimum Gasteiger partial charge on any atom is -1.00 e. The van der Waals surface area contributed by atoms with Crippen LogP contribution in [-0.2, 0) is 39.0 Å². The standard InChI is InChI=1S/C17H17.C14H23.2ClH.Zr/c1-3-12-5-7-16-14(9-12)11-15-10-13(4-2)6-8-17(15)16;1-4-7-12-10-11-13(8-5-2)14(12)9-6-3;;;/h5-11H,3-4H2,1-2H3;4-10H2,1-3H3;2*1H;/q2*-1;;;+4/p-2. The molecule has 4 rings (SSSR count). The van der Waals surface area contributed by atoms with Gasteiger partial charge in [-0.2, -0.15) is 11.1 Å². The number of hydrogen-bond donors (Lipinski definition) is 0. The summed E-state index contributed by atoms with van der Waals surface area (Å²) < 4.78 is 0. The van der Waals surface area contributed by atoms with Crippen molar-refractivity contribution in [2.45, 2.75) is 92.4 Å². The summed E-state index contributed by atoms with van der Waals surface area (Å²) in [5.74, 6) is 0. The molecular weight excluding hydrogens is 534 g/mol. The number of fused-ring (bicyclic) bond motifs is 3. The fourth-order valence-corrected chi connectivity index (χ4v) is 4.81. The zero-order valence-electron chi connectivity index (χ0n) is 21.7. The van der Waals surface area contributed by atoms with Crippen LogP contribution in [0.1, 0.15) is 90.7 Å². The van der Waals surface area contributed by atoms with Gasteiger partial charge in [-0.25, -0.2) is 5.57 Å². The summed E-state index contributed by atoms with van der Waals surface area (Å²) in [5.41, 5.74) is 7.72. The van der Waals surface area contributed by atoms with E-state index in [9.17, 15) is 0 Å². The topological polar surface area (TPSA) is 0 Å². The van der Waals surface area contributed by atoms with Gasteiger partial charge in [0.05, 0.1) is 0 Å². The van der Waals surface area contributed by atoms with E-state index < -0.39 is 0 Å². The van der Waals surface area contributed by atoms with Gasteiger partial charge >= 0.3 is 26.2 Å². The molecule has 0 N–H and O–H groups in total. The number of benzene rings is 2. The second-order valence-corrected chi connectivity index (χ2v) is 8.86. The van der Waals surface area contributed by atoms with Crippen LogP contribution in [0.3, 0.4) is 0 Å². The molecule has 0 aliphatic heterocycles. The third kappa shape index (κ3) is 8.15. The molecule has 3 aromatic carbocycles. The second kappa shape index (κ2) is 16.8. The summed E-state index contributed by atoms with van der Waals surface area (Å²) in [6.07, 6.45) is 14.5. The molecule has 34 heavy (non-hydrogen) atoms. The van der Waals surface area contributed by atoms with E-state index in [-0.39, 0.29) is 51.0 Å². The SMILES string of the molecule is CCCC1=[C-]CC(CCC)=C1CCC.CCc1ccc2c(c1)[cH-]c1cc(CC)ccc12.[Cl-].[Cl-].[Zr+4]. The van der Waals surface area contributed by atoms with Crippen molar-refractivity contribution in [3.05, 3.63) is 76.4 Å². The average molecular weight is 575 g/mol. The Balaban J connectivity index is 0.000000600. The molecular formula is C31H40Cl2Zr. The molecule has 0 fully saturated rings. The largest absolute Gasteiger partial charge is 4.00 e. The van der Waals surface area contributed by atoms with Gasteiger partial charge in [0.25, 0.3) is 0 Å². The number of hydrogen-bond acceptors (Lipinski definition) is 0. The van der Waals surface area contributed by atoms with Crippen LogP contribution in [0, 0.1) is 6.08 Å². The molecule has 0 bridgehead atoms. The van der Waals surface area contributed by atoms with Gasteiger partial charge in [-0.3, -0.25) is 6.08 Å². The molecule has 0 nitrogen and oxygen atoms in total. The molecule has 0 unspecified atom stereocenters. The Morgan fingerprint density at radius 3 is 1.65 bits per heavy atom. The Morgan fingerprint density at radius 2 is 1.21 bits per heavy atom. The molecule has 0 saturated carbocycles. The first-order valence-corrected chi connectivity index (χ1v) is 12.6. The van der Waals surface area contributed by atoms with Crippen molar-refractivity contribution in [2.75, 3.05) is 0 Å². The molecule has 3 heteroatoms. The van der Waals surface area contributed by atoms with Crippen LogP contribution in [0.5, 0.6) is 0 Å². The van der Waals surface area contributed by atoms with Gasteiger partial charge in [-0.15, -0.1) is 46.2 Å². The zero-order chi connectivity index (χ0) is 22.2. The molecule has 1 aliphatic rings. The van der Waals surface area contributed by atoms with Gasteiger partial charge in [-0.1, -0.05) is 102 Å². The van der Waals surface area contributed by atoms with E-state index in [0.29, 0.717) is 0 Å². The van der Waals surface area contributed by atoms with Crippen LogP contribution >= 0.6 is 0 Å². The first-order chi connectivity index (χ1) is 15.1. The second-order valence-electron chi connectivity index (χ2n) is 8.86. The van der Waals surface area contributed by atoms with Crippen molar-refractivity contribution in [3.8, 4) is 0 Å². The summed E-state index contributed by atoms with van der Waals surface area (Å²) in [7, 11) is 0. The maximum absolute atomic E-state index is 3.57. The molecule has 0 radical (unpaired) electrons. The normalized spacial score (nSPS) is 12.4. The Morgan fingerprint density at radius 1 is 0.706 bits per heavy atom. The quantitative estimate of drug-likeness (QED) is 0.361. The third-order valence-corrected chi connectivity index (χ3v) is 6.51. The van der Waals surface area contributed by atoms with Crippen molar-refractivity contribution in [3.63, 3.8) is 0 Å². The molecule has 182 valence electrons. The van der Waals surface area contributed by atoms with Gasteiger partial charge in [0.15, 0.2) is 0 Å². The Kier molecular flexibility index (Phi) is 16.5. The average Bonchev–Trinajstić information content (AvgIpc) is 3.35. The zero-order valence-corrected chi connectivity index (χ0v) is 25.6. The van der Waals surface area contributed by atoms with Gasteiger partial charge in [0, 0.05) is 0 Å². The van der Waals surface area contributed by atoms with Gasteiger partial charge < -0.3 is 24.8 Å². The predicted molar refractivity (Wildman–Crippen MR) is 139 cm³/mol. The van der Waals surface area contributed by atoms with Crippen molar-refractivity contribution in [2.24, 2.45) is 0 Å². The van der Waals surface area contributed by atoms with Crippen LogP contribution in [0.4, 0.5) is 0 Å². The summed E-state index contributed by atoms with van der Waals surface area (Å²) in [6, 6.07) is 16.0. The summed E-state index contributed by atoms with van der Waals surface area (Å²) >= 11 is 0. The van der Waals surface area contributed by atoms with Crippen molar-refractivity contribution in [1.82, 2.24) is 0 Å². The van der Waals surface area contributed by atoms with Crippen molar-refractivity contribution in [1.29, 1.82) is 0 Å². The molecule has 0 aromatic heterocycles. The minimum absolute atomic E-state index is 0. The Labute approximate surface area is 240 Å². The van der Waals surface area contributed by atoms with Crippen LogP contribution < -0.4 is 24.8 Å². The van der Waals surface area contributed by atoms with Crippen LogP contribution in [0.25, 0.3) is 21.5 Å². The van der Waals surface area contributed by atoms with E-state index in [1.165, 1.54) is 76.8 Å². The van der Waals surface area contributed by atoms with E-state index in [2.05, 4.69) is 83.2 Å². The Bertz CT molecular complexity index is 1010. The van der Waals surface area contributed by atoms with Crippen molar-refractivity contribution >= 4 is 21.5 Å². The molecule has 0 spiro atoms. The van der Waals surface area contributed by atoms with E-state index in [0.717, 1.165) is 19.3 Å². The molecule has 0 amide bonds. The summed E-state index contributed by atoms with van der Waals surface area (Å²) in [6.45, 7) is 11.2. The molecule has 3 aromatic rings. The summed E-state index contributed by atoms with van der Waals surface area (Å²) in [4.78, 5) is 0. The number of aryl methyl sites for hydroxylation is 2. The summed E-state index contributed by atoms with van der Waals surface area (Å²) in [5, 5.41) is 5.54. The van der Waals surface area contributed by atoms with Crippen LogP contribution in [0.15, 0.2) is 59.2 Å². The number of halogens is 2. The van der Waals surface area contributed by atoms with Gasteiger partial charge in [0.2, 0.25) is 0 Å². The molecule has 0 heterocycles. The van der Waals surface area contributed by atoms with Gasteiger partial charge in [0.1, 0.15) is 0 Å². The molecule has 1 aliphatic carbocycles. The smallest absolute Gasteiger partial charge is 1.00 e. The Hall–Kier alpha value is -0.747. The van der Waals surface area contributed by atoms with E-state index in [4.69, 9.17) is 0 Å². The fraction of sp³-hybridized carbons (Fsp3) is 0.452. The maximum atomic E-state index is 3.57. The molecule has 0 atom stereocenters.